The maximum Gasteiger partial charge on any atom is 0.0416 e. The van der Waals surface area contributed by atoms with Crippen LogP contribution in [0.1, 0.15) is 51.0 Å². The minimum Gasteiger partial charge on any atom is -0.329 e. The van der Waals surface area contributed by atoms with Gasteiger partial charge in [0.15, 0.2) is 0 Å². The Balaban J connectivity index is 2.20. The first-order chi connectivity index (χ1) is 9.01. The molecule has 1 saturated carbocycles. The molecular formula is C16H28N2S. The van der Waals surface area contributed by atoms with E-state index in [1.165, 1.54) is 24.1 Å². The SMILES string of the molecule is CC1CCC(CN)(N(C)C(C)c2cccs2)C(C)C1. The van der Waals surface area contributed by atoms with Crippen molar-refractivity contribution < 1.29 is 0 Å². The molecule has 108 valence electrons. The second-order valence-corrected chi connectivity index (χ2v) is 7.37. The summed E-state index contributed by atoms with van der Waals surface area (Å²) < 4.78 is 0. The number of nitrogens with two attached hydrogens (primary N) is 1. The lowest BCUT2D eigenvalue weighted by Gasteiger charge is -2.52. The van der Waals surface area contributed by atoms with Crippen LogP contribution in [0.15, 0.2) is 17.5 Å². The summed E-state index contributed by atoms with van der Waals surface area (Å²) >= 11 is 1.85. The van der Waals surface area contributed by atoms with Crippen LogP contribution in [-0.2, 0) is 0 Å². The van der Waals surface area contributed by atoms with Crippen molar-refractivity contribution in [3.63, 3.8) is 0 Å². The highest BCUT2D eigenvalue weighted by atomic mass is 32.1. The molecule has 0 aliphatic heterocycles. The lowest BCUT2D eigenvalue weighted by atomic mass is 9.68. The number of hydrogen-bond acceptors (Lipinski definition) is 3. The summed E-state index contributed by atoms with van der Waals surface area (Å²) in [5.41, 5.74) is 6.40. The zero-order valence-electron chi connectivity index (χ0n) is 12.7. The lowest BCUT2D eigenvalue weighted by Crippen LogP contribution is -2.59. The molecular weight excluding hydrogens is 252 g/mol. The second-order valence-electron chi connectivity index (χ2n) is 6.39. The average molecular weight is 280 g/mol. The van der Waals surface area contributed by atoms with Gasteiger partial charge in [0.2, 0.25) is 0 Å². The van der Waals surface area contributed by atoms with Crippen LogP contribution in [0, 0.1) is 11.8 Å². The van der Waals surface area contributed by atoms with Gasteiger partial charge in [-0.1, -0.05) is 19.9 Å². The highest BCUT2D eigenvalue weighted by molar-refractivity contribution is 7.10. The summed E-state index contributed by atoms with van der Waals surface area (Å²) in [4.78, 5) is 4.00. The number of rotatable bonds is 4. The Morgan fingerprint density at radius 3 is 2.79 bits per heavy atom. The maximum atomic E-state index is 6.23. The Morgan fingerprint density at radius 1 is 1.53 bits per heavy atom. The van der Waals surface area contributed by atoms with Gasteiger partial charge in [-0.05, 0) is 56.5 Å². The zero-order valence-corrected chi connectivity index (χ0v) is 13.5. The summed E-state index contributed by atoms with van der Waals surface area (Å²) in [6, 6.07) is 4.84. The fraction of sp³-hybridized carbons (Fsp3) is 0.750. The number of thiophene rings is 1. The highest BCUT2D eigenvalue weighted by Crippen LogP contribution is 2.43. The van der Waals surface area contributed by atoms with Crippen molar-refractivity contribution in [1.29, 1.82) is 0 Å². The van der Waals surface area contributed by atoms with Crippen molar-refractivity contribution in [2.75, 3.05) is 13.6 Å². The maximum absolute atomic E-state index is 6.23. The van der Waals surface area contributed by atoms with Crippen LogP contribution in [0.5, 0.6) is 0 Å². The third-order valence-corrected chi connectivity index (χ3v) is 6.38. The normalized spacial score (nSPS) is 33.6. The van der Waals surface area contributed by atoms with Crippen LogP contribution in [0.2, 0.25) is 0 Å². The summed E-state index contributed by atoms with van der Waals surface area (Å²) in [6.45, 7) is 7.85. The summed E-state index contributed by atoms with van der Waals surface area (Å²) in [5.74, 6) is 1.52. The minimum atomic E-state index is 0.177. The molecule has 19 heavy (non-hydrogen) atoms. The molecule has 0 amide bonds. The predicted octanol–water partition coefficient (Wildman–Crippen LogP) is 3.89. The third kappa shape index (κ3) is 2.74. The van der Waals surface area contributed by atoms with Gasteiger partial charge < -0.3 is 5.73 Å². The van der Waals surface area contributed by atoms with Gasteiger partial charge in [0, 0.05) is 23.0 Å². The van der Waals surface area contributed by atoms with E-state index in [-0.39, 0.29) is 5.54 Å². The topological polar surface area (TPSA) is 29.3 Å². The summed E-state index contributed by atoms with van der Waals surface area (Å²) in [6.07, 6.45) is 3.85. The molecule has 1 fully saturated rings. The molecule has 3 heteroatoms. The number of nitrogens with zero attached hydrogens (tertiary/aromatic N) is 1. The van der Waals surface area contributed by atoms with E-state index in [4.69, 9.17) is 5.73 Å². The zero-order chi connectivity index (χ0) is 14.0. The smallest absolute Gasteiger partial charge is 0.0416 e. The summed E-state index contributed by atoms with van der Waals surface area (Å²) in [7, 11) is 2.27. The van der Waals surface area contributed by atoms with E-state index in [0.29, 0.717) is 12.0 Å². The van der Waals surface area contributed by atoms with Crippen LogP contribution in [0.4, 0.5) is 0 Å². The molecule has 1 aliphatic carbocycles. The molecule has 4 unspecified atom stereocenters. The second kappa shape index (κ2) is 5.94. The molecule has 0 aromatic carbocycles. The van der Waals surface area contributed by atoms with Crippen molar-refractivity contribution in [3.05, 3.63) is 22.4 Å². The fourth-order valence-corrected chi connectivity index (χ4v) is 4.59. The van der Waals surface area contributed by atoms with Crippen molar-refractivity contribution >= 4 is 11.3 Å². The van der Waals surface area contributed by atoms with Crippen molar-refractivity contribution in [2.45, 2.75) is 51.6 Å². The quantitative estimate of drug-likeness (QED) is 0.906. The lowest BCUT2D eigenvalue weighted by molar-refractivity contribution is -0.00551. The van der Waals surface area contributed by atoms with E-state index in [1.807, 2.05) is 11.3 Å². The summed E-state index contributed by atoms with van der Waals surface area (Å²) in [5, 5.41) is 2.17. The standard InChI is InChI=1S/C16H28N2S/c1-12-7-8-16(11-17,13(2)10-12)18(4)14(3)15-6-5-9-19-15/h5-6,9,12-14H,7-8,10-11,17H2,1-4H3. The van der Waals surface area contributed by atoms with Gasteiger partial charge in [0.25, 0.3) is 0 Å². The number of hydrogen-bond donors (Lipinski definition) is 1. The molecule has 1 aromatic heterocycles. The van der Waals surface area contributed by atoms with Gasteiger partial charge in [-0.25, -0.2) is 0 Å². The molecule has 0 saturated heterocycles. The van der Waals surface area contributed by atoms with Crippen LogP contribution < -0.4 is 5.73 Å². The molecule has 2 nitrogen and oxygen atoms in total. The first kappa shape index (κ1) is 15.0. The van der Waals surface area contributed by atoms with Crippen molar-refractivity contribution in [1.82, 2.24) is 4.90 Å². The van der Waals surface area contributed by atoms with E-state index < -0.39 is 0 Å². The van der Waals surface area contributed by atoms with Gasteiger partial charge >= 0.3 is 0 Å². The first-order valence-electron chi connectivity index (χ1n) is 7.47. The minimum absolute atomic E-state index is 0.177. The number of likely N-dealkylation sites (N-methyl/N-ethyl adjacent to an activating group) is 1. The van der Waals surface area contributed by atoms with Gasteiger partial charge in [0.1, 0.15) is 0 Å². The van der Waals surface area contributed by atoms with Crippen LogP contribution >= 0.6 is 11.3 Å². The van der Waals surface area contributed by atoms with Gasteiger partial charge in [0.05, 0.1) is 0 Å². The molecule has 1 aromatic rings. The van der Waals surface area contributed by atoms with E-state index >= 15 is 0 Å². The average Bonchev–Trinajstić information content (AvgIpc) is 2.92. The van der Waals surface area contributed by atoms with E-state index in [1.54, 1.807) is 0 Å². The Labute approximate surface area is 122 Å². The molecule has 4 atom stereocenters. The van der Waals surface area contributed by atoms with E-state index in [9.17, 15) is 0 Å². The molecule has 2 N–H and O–H groups in total. The Kier molecular flexibility index (Phi) is 4.70. The Morgan fingerprint density at radius 2 is 2.26 bits per heavy atom. The van der Waals surface area contributed by atoms with Crippen LogP contribution in [0.25, 0.3) is 0 Å². The third-order valence-electron chi connectivity index (χ3n) is 5.34. The fourth-order valence-electron chi connectivity index (χ4n) is 3.76. The van der Waals surface area contributed by atoms with Crippen molar-refractivity contribution in [2.24, 2.45) is 17.6 Å². The highest BCUT2D eigenvalue weighted by Gasteiger charge is 2.43. The predicted molar refractivity (Wildman–Crippen MR) is 84.5 cm³/mol. The van der Waals surface area contributed by atoms with Gasteiger partial charge in [-0.2, -0.15) is 0 Å². The largest absolute Gasteiger partial charge is 0.329 e. The Hall–Kier alpha value is -0.380. The molecule has 2 rings (SSSR count). The van der Waals surface area contributed by atoms with Crippen LogP contribution in [-0.4, -0.2) is 24.0 Å². The van der Waals surface area contributed by atoms with Crippen molar-refractivity contribution in [3.8, 4) is 0 Å². The van der Waals surface area contributed by atoms with E-state index in [0.717, 1.165) is 12.5 Å². The van der Waals surface area contributed by atoms with Gasteiger partial charge in [-0.15, -0.1) is 11.3 Å². The molecule has 0 spiro atoms. The van der Waals surface area contributed by atoms with Crippen LogP contribution in [0.3, 0.4) is 0 Å². The monoisotopic (exact) mass is 280 g/mol. The molecule has 0 bridgehead atoms. The Bertz CT molecular complexity index is 389. The molecule has 1 aliphatic rings. The first-order valence-corrected chi connectivity index (χ1v) is 8.35. The van der Waals surface area contributed by atoms with E-state index in [2.05, 4.69) is 50.2 Å². The van der Waals surface area contributed by atoms with Gasteiger partial charge in [-0.3, -0.25) is 4.90 Å². The molecule has 1 heterocycles. The molecule has 0 radical (unpaired) electrons.